The molecule has 0 unspecified atom stereocenters. The number of likely N-dealkylation sites (tertiary alicyclic amines) is 1. The Bertz CT molecular complexity index is 1080. The lowest BCUT2D eigenvalue weighted by Crippen LogP contribution is -2.38. The van der Waals surface area contributed by atoms with Crippen LogP contribution >= 0.6 is 23.2 Å². The molecule has 0 saturated carbocycles. The molecule has 2 aromatic carbocycles. The fourth-order valence-corrected chi connectivity index (χ4v) is 5.40. The molecule has 1 aliphatic carbocycles. The zero-order chi connectivity index (χ0) is 20.8. The molecule has 5 nitrogen and oxygen atoms in total. The minimum absolute atomic E-state index is 0.0208. The van der Waals surface area contributed by atoms with Gasteiger partial charge in [0.15, 0.2) is 9.84 Å². The molecule has 4 rings (SSSR count). The van der Waals surface area contributed by atoms with Gasteiger partial charge in [-0.15, -0.1) is 0 Å². The fraction of sp³-hybridized carbons (Fsp3) is 0.381. The second kappa shape index (κ2) is 7.81. The lowest BCUT2D eigenvalue weighted by molar-refractivity contribution is 0.0927. The van der Waals surface area contributed by atoms with E-state index >= 15 is 0 Å². The van der Waals surface area contributed by atoms with Gasteiger partial charge in [-0.25, -0.2) is 8.42 Å². The Balaban J connectivity index is 1.67. The van der Waals surface area contributed by atoms with Crippen molar-refractivity contribution in [3.63, 3.8) is 0 Å². The molecular weight excluding hydrogens is 431 g/mol. The van der Waals surface area contributed by atoms with Crippen LogP contribution in [0.25, 0.3) is 0 Å². The topological polar surface area (TPSA) is 70.4 Å². The molecule has 8 heteroatoms. The molecule has 1 heterocycles. The summed E-state index contributed by atoms with van der Waals surface area (Å²) >= 11 is 12.7. The average molecular weight is 451 g/mol. The van der Waals surface area contributed by atoms with Crippen LogP contribution in [0.15, 0.2) is 41.3 Å². The van der Waals surface area contributed by atoms with Crippen LogP contribution in [0.1, 0.15) is 23.7 Å². The van der Waals surface area contributed by atoms with E-state index in [0.29, 0.717) is 22.3 Å². The third-order valence-electron chi connectivity index (χ3n) is 5.65. The molecule has 2 aromatic rings. The highest BCUT2D eigenvalue weighted by Gasteiger charge is 2.41. The van der Waals surface area contributed by atoms with Crippen LogP contribution < -0.4 is 4.74 Å². The summed E-state index contributed by atoms with van der Waals surface area (Å²) in [6.07, 6.45) is 2.43. The Kier molecular flexibility index (Phi) is 5.52. The summed E-state index contributed by atoms with van der Waals surface area (Å²) in [7, 11) is -3.27. The van der Waals surface area contributed by atoms with Crippen molar-refractivity contribution >= 4 is 33.0 Å². The number of nitriles is 1. The molecular formula is C21H20Cl2N2O3S. The monoisotopic (exact) mass is 450 g/mol. The Hall–Kier alpha value is -1.78. The van der Waals surface area contributed by atoms with Gasteiger partial charge >= 0.3 is 0 Å². The van der Waals surface area contributed by atoms with Crippen molar-refractivity contribution in [3.05, 3.63) is 57.6 Å². The molecule has 0 aromatic heterocycles. The van der Waals surface area contributed by atoms with Crippen LogP contribution in [0.2, 0.25) is 10.0 Å². The maximum Gasteiger partial charge on any atom is 0.175 e. The lowest BCUT2D eigenvalue weighted by atomic mass is 10.1. The number of ether oxygens (including phenoxy) is 1. The van der Waals surface area contributed by atoms with Gasteiger partial charge in [-0.3, -0.25) is 4.90 Å². The van der Waals surface area contributed by atoms with Crippen molar-refractivity contribution in [1.29, 1.82) is 5.26 Å². The van der Waals surface area contributed by atoms with Gasteiger partial charge in [0.25, 0.3) is 0 Å². The zero-order valence-corrected chi connectivity index (χ0v) is 18.1. The Labute approximate surface area is 180 Å². The van der Waals surface area contributed by atoms with Crippen molar-refractivity contribution in [1.82, 2.24) is 4.90 Å². The van der Waals surface area contributed by atoms with Crippen LogP contribution in [-0.4, -0.2) is 38.7 Å². The van der Waals surface area contributed by atoms with Crippen molar-refractivity contribution in [3.8, 4) is 11.8 Å². The first-order chi connectivity index (χ1) is 13.8. The maximum atomic E-state index is 11.7. The van der Waals surface area contributed by atoms with E-state index < -0.39 is 9.84 Å². The quantitative estimate of drug-likeness (QED) is 0.694. The lowest BCUT2D eigenvalue weighted by Gasteiger charge is -2.30. The minimum atomic E-state index is -3.27. The summed E-state index contributed by atoms with van der Waals surface area (Å²) in [6, 6.07) is 12.4. The van der Waals surface area contributed by atoms with E-state index in [4.69, 9.17) is 27.9 Å². The number of rotatable bonds is 4. The Morgan fingerprint density at radius 1 is 1.21 bits per heavy atom. The standard InChI is InChI=1S/C21H20Cl2N2O3S/c1-29(26,27)16-4-2-15(3-5-16)28-21-18-8-14(22)9-19(23)17(18)10-20(21)25-7-6-13(11-24)12-25/h2-5,8-9,13,20-21H,6-7,10,12H2,1H3/t13-,20-,21+/m0/s1. The van der Waals surface area contributed by atoms with Crippen molar-refractivity contribution in [2.45, 2.75) is 29.9 Å². The summed E-state index contributed by atoms with van der Waals surface area (Å²) in [5, 5.41) is 10.4. The number of fused-ring (bicyclic) bond motifs is 1. The van der Waals surface area contributed by atoms with Crippen LogP contribution in [0.4, 0.5) is 0 Å². The summed E-state index contributed by atoms with van der Waals surface area (Å²) < 4.78 is 29.8. The second-order valence-corrected chi connectivity index (χ2v) is 10.5. The molecule has 0 radical (unpaired) electrons. The summed E-state index contributed by atoms with van der Waals surface area (Å²) in [6.45, 7) is 1.53. The van der Waals surface area contributed by atoms with Gasteiger partial charge in [-0.05, 0) is 61.3 Å². The van der Waals surface area contributed by atoms with E-state index in [2.05, 4.69) is 11.0 Å². The molecule has 152 valence electrons. The predicted octanol–water partition coefficient (Wildman–Crippen LogP) is 4.29. The number of halogens is 2. The molecule has 3 atom stereocenters. The van der Waals surface area contributed by atoms with Gasteiger partial charge < -0.3 is 4.74 Å². The minimum Gasteiger partial charge on any atom is -0.484 e. The van der Waals surface area contributed by atoms with Crippen molar-refractivity contribution in [2.75, 3.05) is 19.3 Å². The molecule has 0 N–H and O–H groups in total. The van der Waals surface area contributed by atoms with E-state index in [1.807, 2.05) is 6.07 Å². The third kappa shape index (κ3) is 4.10. The molecule has 1 fully saturated rings. The smallest absolute Gasteiger partial charge is 0.175 e. The van der Waals surface area contributed by atoms with Crippen LogP contribution in [0, 0.1) is 17.2 Å². The number of hydrogen-bond donors (Lipinski definition) is 0. The first-order valence-electron chi connectivity index (χ1n) is 9.34. The van der Waals surface area contributed by atoms with Gasteiger partial charge in [-0.2, -0.15) is 5.26 Å². The zero-order valence-electron chi connectivity index (χ0n) is 15.8. The summed E-state index contributed by atoms with van der Waals surface area (Å²) in [5.41, 5.74) is 1.96. The molecule has 0 amide bonds. The highest BCUT2D eigenvalue weighted by molar-refractivity contribution is 7.90. The predicted molar refractivity (Wildman–Crippen MR) is 112 cm³/mol. The van der Waals surface area contributed by atoms with E-state index in [-0.39, 0.29) is 23.0 Å². The Morgan fingerprint density at radius 3 is 2.55 bits per heavy atom. The number of benzene rings is 2. The highest BCUT2D eigenvalue weighted by Crippen LogP contribution is 2.43. The molecule has 1 aliphatic heterocycles. The Morgan fingerprint density at radius 2 is 1.93 bits per heavy atom. The van der Waals surface area contributed by atoms with E-state index in [0.717, 1.165) is 30.5 Å². The van der Waals surface area contributed by atoms with E-state index in [9.17, 15) is 13.7 Å². The first-order valence-corrected chi connectivity index (χ1v) is 12.0. The largest absolute Gasteiger partial charge is 0.484 e. The number of sulfone groups is 1. The summed E-state index contributed by atoms with van der Waals surface area (Å²) in [5.74, 6) is 0.597. The van der Waals surface area contributed by atoms with Gasteiger partial charge in [0.2, 0.25) is 0 Å². The van der Waals surface area contributed by atoms with Crippen LogP contribution in [0.5, 0.6) is 5.75 Å². The SMILES string of the molecule is CS(=O)(=O)c1ccc(O[C@@H]2c3cc(Cl)cc(Cl)c3C[C@@H]2N2CC[C@@H](C#N)C2)cc1. The second-order valence-electron chi connectivity index (χ2n) is 7.62. The van der Waals surface area contributed by atoms with Crippen LogP contribution in [0.3, 0.4) is 0 Å². The number of hydrogen-bond acceptors (Lipinski definition) is 5. The molecule has 1 saturated heterocycles. The number of nitrogens with zero attached hydrogens (tertiary/aromatic N) is 2. The fourth-order valence-electron chi connectivity index (χ4n) is 4.18. The molecule has 0 spiro atoms. The van der Waals surface area contributed by atoms with Crippen LogP contribution in [-0.2, 0) is 16.3 Å². The van der Waals surface area contributed by atoms with Gasteiger partial charge in [0.1, 0.15) is 11.9 Å². The summed E-state index contributed by atoms with van der Waals surface area (Å²) in [4.78, 5) is 2.53. The van der Waals surface area contributed by atoms with E-state index in [1.54, 1.807) is 30.3 Å². The first kappa shape index (κ1) is 20.5. The van der Waals surface area contributed by atoms with Gasteiger partial charge in [-0.1, -0.05) is 23.2 Å². The van der Waals surface area contributed by atoms with Crippen molar-refractivity contribution in [2.24, 2.45) is 5.92 Å². The van der Waals surface area contributed by atoms with E-state index in [1.165, 1.54) is 6.26 Å². The molecule has 0 bridgehead atoms. The molecule has 2 aliphatic rings. The van der Waals surface area contributed by atoms with Crippen molar-refractivity contribution < 1.29 is 13.2 Å². The third-order valence-corrected chi connectivity index (χ3v) is 7.33. The van der Waals surface area contributed by atoms with Gasteiger partial charge in [0.05, 0.1) is 22.9 Å². The highest BCUT2D eigenvalue weighted by atomic mass is 35.5. The van der Waals surface area contributed by atoms with Gasteiger partial charge in [0, 0.05) is 28.4 Å². The maximum absolute atomic E-state index is 11.7. The molecule has 29 heavy (non-hydrogen) atoms. The normalized spacial score (nSPS) is 24.3. The average Bonchev–Trinajstić information content (AvgIpc) is 3.27.